The maximum atomic E-state index is 12.0. The molecule has 2 aromatic carbocycles. The Kier molecular flexibility index (Phi) is 5.95. The van der Waals surface area contributed by atoms with E-state index in [9.17, 15) is 4.79 Å². The molecule has 1 atom stereocenters. The van der Waals surface area contributed by atoms with Crippen molar-refractivity contribution >= 4 is 12.1 Å². The number of rotatable bonds is 6. The minimum atomic E-state index is -0.640. The summed E-state index contributed by atoms with van der Waals surface area (Å²) in [6, 6.07) is 13.2. The maximum Gasteiger partial charge on any atom is 0.280 e. The van der Waals surface area contributed by atoms with Crippen LogP contribution in [-0.2, 0) is 4.79 Å². The molecule has 1 unspecified atom stereocenters. The normalized spacial score (nSPS) is 12.0. The summed E-state index contributed by atoms with van der Waals surface area (Å²) in [6.45, 7) is 5.67. The number of ether oxygens (including phenoxy) is 2. The van der Waals surface area contributed by atoms with E-state index in [0.29, 0.717) is 5.75 Å². The molecule has 0 saturated carbocycles. The van der Waals surface area contributed by atoms with Gasteiger partial charge in [-0.05, 0) is 73.9 Å². The van der Waals surface area contributed by atoms with Gasteiger partial charge in [0.05, 0.1) is 13.3 Å². The number of nitrogens with zero attached hydrogens (tertiary/aromatic N) is 1. The van der Waals surface area contributed by atoms with Gasteiger partial charge in [0.2, 0.25) is 0 Å². The van der Waals surface area contributed by atoms with E-state index in [4.69, 9.17) is 9.47 Å². The van der Waals surface area contributed by atoms with Crippen molar-refractivity contribution in [3.05, 3.63) is 59.2 Å². The largest absolute Gasteiger partial charge is 0.497 e. The van der Waals surface area contributed by atoms with Gasteiger partial charge in [0.25, 0.3) is 5.91 Å². The molecule has 2 rings (SSSR count). The Morgan fingerprint density at radius 1 is 1.08 bits per heavy atom. The number of aryl methyl sites for hydroxylation is 2. The molecule has 0 aliphatic carbocycles. The van der Waals surface area contributed by atoms with Crippen molar-refractivity contribution in [2.24, 2.45) is 5.10 Å². The minimum Gasteiger partial charge on any atom is -0.497 e. The third-order valence-corrected chi connectivity index (χ3v) is 3.38. The van der Waals surface area contributed by atoms with Crippen LogP contribution in [0.25, 0.3) is 0 Å². The van der Waals surface area contributed by atoms with Crippen LogP contribution in [0.4, 0.5) is 0 Å². The number of hydrogen-bond donors (Lipinski definition) is 1. The molecule has 0 fully saturated rings. The van der Waals surface area contributed by atoms with Crippen molar-refractivity contribution < 1.29 is 14.3 Å². The monoisotopic (exact) mass is 326 g/mol. The van der Waals surface area contributed by atoms with Crippen LogP contribution < -0.4 is 14.9 Å². The number of hydrogen-bond acceptors (Lipinski definition) is 4. The fourth-order valence-electron chi connectivity index (χ4n) is 2.21. The molecule has 2 aromatic rings. The molecule has 126 valence electrons. The first-order valence-corrected chi connectivity index (χ1v) is 7.70. The highest BCUT2D eigenvalue weighted by molar-refractivity contribution is 5.84. The molecule has 5 nitrogen and oxygen atoms in total. The third-order valence-electron chi connectivity index (χ3n) is 3.38. The first kappa shape index (κ1) is 17.5. The van der Waals surface area contributed by atoms with Crippen molar-refractivity contribution in [1.82, 2.24) is 5.43 Å². The second-order valence-electron chi connectivity index (χ2n) is 5.59. The van der Waals surface area contributed by atoms with E-state index in [2.05, 4.69) is 16.6 Å². The summed E-state index contributed by atoms with van der Waals surface area (Å²) in [5.41, 5.74) is 5.53. The van der Waals surface area contributed by atoms with Gasteiger partial charge in [-0.15, -0.1) is 0 Å². The van der Waals surface area contributed by atoms with Crippen molar-refractivity contribution in [3.63, 3.8) is 0 Å². The molecule has 0 aliphatic heterocycles. The van der Waals surface area contributed by atoms with E-state index < -0.39 is 6.10 Å². The molecule has 0 saturated heterocycles. The molecule has 0 aromatic heterocycles. The number of hydrazone groups is 1. The third kappa shape index (κ3) is 5.12. The Labute approximate surface area is 142 Å². The summed E-state index contributed by atoms with van der Waals surface area (Å²) >= 11 is 0. The van der Waals surface area contributed by atoms with Gasteiger partial charge in [0.1, 0.15) is 11.5 Å². The van der Waals surface area contributed by atoms with E-state index >= 15 is 0 Å². The van der Waals surface area contributed by atoms with Crippen molar-refractivity contribution in [2.45, 2.75) is 26.9 Å². The maximum absolute atomic E-state index is 12.0. The first-order valence-electron chi connectivity index (χ1n) is 7.70. The fraction of sp³-hybridized carbons (Fsp3) is 0.263. The zero-order valence-corrected chi connectivity index (χ0v) is 14.4. The number of nitrogens with one attached hydrogen (secondary N) is 1. The van der Waals surface area contributed by atoms with Gasteiger partial charge in [-0.1, -0.05) is 6.07 Å². The number of carbonyl (C=O) groups excluding carboxylic acids is 1. The van der Waals surface area contributed by atoms with Crippen LogP contribution >= 0.6 is 0 Å². The van der Waals surface area contributed by atoms with E-state index in [-0.39, 0.29) is 5.91 Å². The van der Waals surface area contributed by atoms with Crippen molar-refractivity contribution in [2.75, 3.05) is 7.11 Å². The van der Waals surface area contributed by atoms with Crippen molar-refractivity contribution in [1.29, 1.82) is 0 Å². The zero-order valence-electron chi connectivity index (χ0n) is 14.4. The number of carbonyl (C=O) groups is 1. The Bertz CT molecular complexity index is 704. The Morgan fingerprint density at radius 3 is 2.29 bits per heavy atom. The SMILES string of the molecule is COc1ccc(C=NNC(=O)C(C)Oc2cc(C)cc(C)c2)cc1. The molecule has 0 bridgehead atoms. The first-order chi connectivity index (χ1) is 11.5. The Hall–Kier alpha value is -2.82. The number of amides is 1. The number of methoxy groups -OCH3 is 1. The van der Waals surface area contributed by atoms with Crippen LogP contribution in [0.15, 0.2) is 47.6 Å². The average Bonchev–Trinajstić information content (AvgIpc) is 2.54. The average molecular weight is 326 g/mol. The minimum absolute atomic E-state index is 0.307. The standard InChI is InChI=1S/C19H22N2O3/c1-13-9-14(2)11-18(10-13)24-15(3)19(22)21-20-12-16-5-7-17(23-4)8-6-16/h5-12,15H,1-4H3,(H,21,22). The van der Waals surface area contributed by atoms with E-state index in [1.165, 1.54) is 0 Å². The summed E-state index contributed by atoms with van der Waals surface area (Å²) in [7, 11) is 1.61. The molecule has 0 heterocycles. The van der Waals surface area contributed by atoms with Gasteiger partial charge in [-0.3, -0.25) is 4.79 Å². The summed E-state index contributed by atoms with van der Waals surface area (Å²) < 4.78 is 10.8. The van der Waals surface area contributed by atoms with Crippen LogP contribution in [0.3, 0.4) is 0 Å². The van der Waals surface area contributed by atoms with Crippen LogP contribution in [0.1, 0.15) is 23.6 Å². The summed E-state index contributed by atoms with van der Waals surface area (Å²) in [5.74, 6) is 1.14. The number of benzene rings is 2. The van der Waals surface area contributed by atoms with Gasteiger partial charge < -0.3 is 9.47 Å². The fourth-order valence-corrected chi connectivity index (χ4v) is 2.21. The Balaban J connectivity index is 1.89. The lowest BCUT2D eigenvalue weighted by atomic mass is 10.1. The second-order valence-corrected chi connectivity index (χ2v) is 5.59. The molecule has 24 heavy (non-hydrogen) atoms. The molecule has 0 spiro atoms. The van der Waals surface area contributed by atoms with Crippen LogP contribution in [0.2, 0.25) is 0 Å². The predicted octanol–water partition coefficient (Wildman–Crippen LogP) is 3.23. The predicted molar refractivity (Wildman–Crippen MR) is 94.7 cm³/mol. The molecule has 0 radical (unpaired) electrons. The van der Waals surface area contributed by atoms with E-state index in [1.807, 2.05) is 50.2 Å². The lowest BCUT2D eigenvalue weighted by Crippen LogP contribution is -2.33. The smallest absolute Gasteiger partial charge is 0.280 e. The molecular formula is C19H22N2O3. The van der Waals surface area contributed by atoms with E-state index in [1.54, 1.807) is 20.2 Å². The van der Waals surface area contributed by atoms with Crippen molar-refractivity contribution in [3.8, 4) is 11.5 Å². The summed E-state index contributed by atoms with van der Waals surface area (Å²) in [4.78, 5) is 12.0. The highest BCUT2D eigenvalue weighted by Gasteiger charge is 2.14. The lowest BCUT2D eigenvalue weighted by molar-refractivity contribution is -0.127. The summed E-state index contributed by atoms with van der Waals surface area (Å²) in [5, 5.41) is 3.95. The van der Waals surface area contributed by atoms with Crippen LogP contribution in [0.5, 0.6) is 11.5 Å². The molecule has 1 amide bonds. The molecule has 0 aliphatic rings. The van der Waals surface area contributed by atoms with Crippen LogP contribution in [-0.4, -0.2) is 25.3 Å². The van der Waals surface area contributed by atoms with Crippen LogP contribution in [0, 0.1) is 13.8 Å². The van der Waals surface area contributed by atoms with Gasteiger partial charge in [0, 0.05) is 0 Å². The zero-order chi connectivity index (χ0) is 17.5. The van der Waals surface area contributed by atoms with E-state index in [0.717, 1.165) is 22.4 Å². The second kappa shape index (κ2) is 8.15. The van der Waals surface area contributed by atoms with Gasteiger partial charge in [-0.25, -0.2) is 5.43 Å². The van der Waals surface area contributed by atoms with Gasteiger partial charge in [-0.2, -0.15) is 5.10 Å². The lowest BCUT2D eigenvalue weighted by Gasteiger charge is -2.14. The highest BCUT2D eigenvalue weighted by atomic mass is 16.5. The molecule has 5 heteroatoms. The van der Waals surface area contributed by atoms with Gasteiger partial charge >= 0.3 is 0 Å². The van der Waals surface area contributed by atoms with Gasteiger partial charge in [0.15, 0.2) is 6.10 Å². The Morgan fingerprint density at radius 2 is 1.71 bits per heavy atom. The topological polar surface area (TPSA) is 59.9 Å². The molecular weight excluding hydrogens is 304 g/mol. The quantitative estimate of drug-likeness (QED) is 0.655. The summed E-state index contributed by atoms with van der Waals surface area (Å²) in [6.07, 6.45) is 0.931. The highest BCUT2D eigenvalue weighted by Crippen LogP contribution is 2.17. The molecule has 1 N–H and O–H groups in total.